The number of rotatable bonds is 7. The number of aromatic nitrogens is 2. The molecule has 1 aliphatic carbocycles. The fourth-order valence-electron chi connectivity index (χ4n) is 3.89. The lowest BCUT2D eigenvalue weighted by Gasteiger charge is -2.23. The number of thioether (sulfide) groups is 1. The molecule has 28 heavy (non-hydrogen) atoms. The zero-order valence-electron chi connectivity index (χ0n) is 16.1. The number of morpholine rings is 1. The highest BCUT2D eigenvalue weighted by Gasteiger charge is 2.20. The molecule has 0 unspecified atom stereocenters. The van der Waals surface area contributed by atoms with Crippen molar-refractivity contribution in [2.75, 3.05) is 50.9 Å². The van der Waals surface area contributed by atoms with E-state index >= 15 is 0 Å². The van der Waals surface area contributed by atoms with Gasteiger partial charge in [0.05, 0.1) is 30.9 Å². The molecule has 3 heterocycles. The van der Waals surface area contributed by atoms with E-state index in [-0.39, 0.29) is 5.91 Å². The molecule has 2 aromatic heterocycles. The van der Waals surface area contributed by atoms with Gasteiger partial charge in [-0.15, -0.1) is 11.3 Å². The van der Waals surface area contributed by atoms with Gasteiger partial charge in [-0.25, -0.2) is 9.97 Å². The lowest BCUT2D eigenvalue weighted by atomic mass is 9.97. The summed E-state index contributed by atoms with van der Waals surface area (Å²) in [6, 6.07) is 0. The van der Waals surface area contributed by atoms with Crippen LogP contribution in [0.2, 0.25) is 0 Å². The first-order valence-corrected chi connectivity index (χ1v) is 11.9. The van der Waals surface area contributed by atoms with Gasteiger partial charge >= 0.3 is 0 Å². The number of ether oxygens (including phenoxy) is 1. The van der Waals surface area contributed by atoms with Gasteiger partial charge in [-0.05, 0) is 31.2 Å². The number of amides is 1. The summed E-state index contributed by atoms with van der Waals surface area (Å²) in [5, 5.41) is 4.63. The second-order valence-corrected chi connectivity index (χ2v) is 9.41. The average molecular weight is 423 g/mol. The number of nitrogens with two attached hydrogens (primary N) is 1. The Morgan fingerprint density at radius 1 is 1.25 bits per heavy atom. The molecule has 1 amide bonds. The van der Waals surface area contributed by atoms with Crippen molar-refractivity contribution < 1.29 is 14.4 Å². The molecule has 0 aromatic carbocycles. The molecule has 9 heteroatoms. The van der Waals surface area contributed by atoms with Crippen LogP contribution in [0.1, 0.15) is 29.7 Å². The van der Waals surface area contributed by atoms with Gasteiger partial charge in [-0.3, -0.25) is 4.79 Å². The van der Waals surface area contributed by atoms with Crippen LogP contribution in [0, 0.1) is 0 Å². The minimum Gasteiger partial charge on any atom is -0.383 e. The second kappa shape index (κ2) is 9.39. The molecule has 0 saturated carbocycles. The Morgan fingerprint density at radius 3 is 2.93 bits per heavy atom. The molecule has 0 atom stereocenters. The van der Waals surface area contributed by atoms with Gasteiger partial charge in [-0.1, -0.05) is 11.8 Å². The smallest absolute Gasteiger partial charge is 0.230 e. The first kappa shape index (κ1) is 19.9. The summed E-state index contributed by atoms with van der Waals surface area (Å²) in [4.78, 5) is 25.2. The summed E-state index contributed by atoms with van der Waals surface area (Å²) in [5.41, 5.74) is 7.58. The van der Waals surface area contributed by atoms with E-state index in [4.69, 9.17) is 10.5 Å². The predicted octanol–water partition coefficient (Wildman–Crippen LogP) is 0.666. The van der Waals surface area contributed by atoms with Crippen LogP contribution in [0.5, 0.6) is 0 Å². The number of carbonyl (C=O) groups is 1. The number of fused-ring (bicyclic) bond motifs is 3. The van der Waals surface area contributed by atoms with E-state index in [9.17, 15) is 4.79 Å². The molecule has 1 aliphatic heterocycles. The Balaban J connectivity index is 1.26. The Morgan fingerprint density at radius 2 is 2.07 bits per heavy atom. The van der Waals surface area contributed by atoms with E-state index in [1.54, 1.807) is 16.2 Å². The maximum atomic E-state index is 12.1. The minimum absolute atomic E-state index is 0.0229. The summed E-state index contributed by atoms with van der Waals surface area (Å²) < 4.78 is 5.36. The van der Waals surface area contributed by atoms with E-state index in [0.29, 0.717) is 23.3 Å². The molecule has 0 bridgehead atoms. The van der Waals surface area contributed by atoms with E-state index in [0.717, 1.165) is 62.3 Å². The lowest BCUT2D eigenvalue weighted by Crippen LogP contribution is -3.14. The Labute approximate surface area is 173 Å². The second-order valence-electron chi connectivity index (χ2n) is 7.39. The van der Waals surface area contributed by atoms with Crippen LogP contribution in [-0.4, -0.2) is 61.0 Å². The topological polar surface area (TPSA) is 94.6 Å². The first-order chi connectivity index (χ1) is 13.7. The molecular weight excluding hydrogens is 394 g/mol. The maximum Gasteiger partial charge on any atom is 0.230 e. The first-order valence-electron chi connectivity index (χ1n) is 10.1. The van der Waals surface area contributed by atoms with Gasteiger partial charge in [0.15, 0.2) is 5.16 Å². The lowest BCUT2D eigenvalue weighted by molar-refractivity contribution is -0.908. The summed E-state index contributed by atoms with van der Waals surface area (Å²) in [5.74, 6) is 0.899. The van der Waals surface area contributed by atoms with Crippen molar-refractivity contribution in [1.29, 1.82) is 0 Å². The highest BCUT2D eigenvalue weighted by molar-refractivity contribution is 7.99. The fraction of sp³-hybridized carbons (Fsp3) is 0.632. The molecule has 0 radical (unpaired) electrons. The van der Waals surface area contributed by atoms with Crippen molar-refractivity contribution in [2.24, 2.45) is 0 Å². The van der Waals surface area contributed by atoms with Crippen LogP contribution >= 0.6 is 23.1 Å². The van der Waals surface area contributed by atoms with Gasteiger partial charge < -0.3 is 20.7 Å². The molecular formula is C19H28N5O2S2+. The molecule has 7 nitrogen and oxygen atoms in total. The van der Waals surface area contributed by atoms with E-state index < -0.39 is 0 Å². The number of thiophene rings is 1. The Kier molecular flexibility index (Phi) is 6.66. The zero-order valence-corrected chi connectivity index (χ0v) is 17.7. The molecule has 2 aliphatic rings. The van der Waals surface area contributed by atoms with Crippen molar-refractivity contribution in [3.05, 3.63) is 10.4 Å². The van der Waals surface area contributed by atoms with Gasteiger partial charge in [-0.2, -0.15) is 0 Å². The quantitative estimate of drug-likeness (QED) is 0.345. The molecule has 1 saturated heterocycles. The Bertz CT molecular complexity index is 835. The van der Waals surface area contributed by atoms with Crippen LogP contribution in [0.4, 0.5) is 5.82 Å². The van der Waals surface area contributed by atoms with Gasteiger partial charge in [0.2, 0.25) is 5.91 Å². The third kappa shape index (κ3) is 4.76. The molecule has 0 spiro atoms. The third-order valence-electron chi connectivity index (χ3n) is 5.38. The number of hydrogen-bond donors (Lipinski definition) is 3. The number of nitrogens with one attached hydrogen (secondary N) is 2. The standard InChI is InChI=1S/C19H27N5O2S2/c20-17-16-13-4-1-2-5-14(13)28-18(16)23-19(22-17)27-12-15(25)21-6-3-7-24-8-10-26-11-9-24/h1-12H2,(H,21,25)(H2,20,22,23)/p+1. The highest BCUT2D eigenvalue weighted by Crippen LogP contribution is 2.38. The molecule has 4 rings (SSSR count). The maximum absolute atomic E-state index is 12.1. The van der Waals surface area contributed by atoms with Crippen LogP contribution in [0.25, 0.3) is 10.2 Å². The summed E-state index contributed by atoms with van der Waals surface area (Å²) in [6.45, 7) is 5.62. The van der Waals surface area contributed by atoms with Gasteiger partial charge in [0.25, 0.3) is 0 Å². The molecule has 152 valence electrons. The summed E-state index contributed by atoms with van der Waals surface area (Å²) in [6.07, 6.45) is 5.63. The largest absolute Gasteiger partial charge is 0.383 e. The molecule has 2 aromatic rings. The number of quaternary nitrogens is 1. The van der Waals surface area contributed by atoms with Crippen molar-refractivity contribution in [2.45, 2.75) is 37.3 Å². The van der Waals surface area contributed by atoms with Crippen molar-refractivity contribution in [3.8, 4) is 0 Å². The van der Waals surface area contributed by atoms with Crippen molar-refractivity contribution in [1.82, 2.24) is 15.3 Å². The number of hydrogen-bond acceptors (Lipinski definition) is 7. The zero-order chi connectivity index (χ0) is 19.3. The Hall–Kier alpha value is -1.42. The minimum atomic E-state index is 0.0229. The SMILES string of the molecule is Nc1nc(SCC(=O)NCCC[NH+]2CCOCC2)nc2sc3c(c12)CCCC3. The summed E-state index contributed by atoms with van der Waals surface area (Å²) >= 11 is 3.10. The third-order valence-corrected chi connectivity index (χ3v) is 7.42. The van der Waals surface area contributed by atoms with Crippen LogP contribution in [0.3, 0.4) is 0 Å². The number of nitrogens with zero attached hydrogens (tertiary/aromatic N) is 2. The average Bonchev–Trinajstić information content (AvgIpc) is 3.09. The molecule has 4 N–H and O–H groups in total. The number of nitrogen functional groups attached to an aromatic ring is 1. The van der Waals surface area contributed by atoms with Crippen molar-refractivity contribution >= 4 is 45.0 Å². The van der Waals surface area contributed by atoms with Crippen LogP contribution < -0.4 is 16.0 Å². The number of aryl methyl sites for hydroxylation is 2. The van der Waals surface area contributed by atoms with Gasteiger partial charge in [0, 0.05) is 17.8 Å². The number of anilines is 1. The molecule has 1 fully saturated rings. The van der Waals surface area contributed by atoms with Crippen LogP contribution in [-0.2, 0) is 22.4 Å². The van der Waals surface area contributed by atoms with Gasteiger partial charge in [0.1, 0.15) is 23.7 Å². The van der Waals surface area contributed by atoms with E-state index in [1.807, 2.05) is 0 Å². The monoisotopic (exact) mass is 422 g/mol. The van der Waals surface area contributed by atoms with E-state index in [2.05, 4.69) is 15.3 Å². The van der Waals surface area contributed by atoms with E-state index in [1.165, 1.54) is 35.0 Å². The predicted molar refractivity (Wildman–Crippen MR) is 113 cm³/mol. The fourth-order valence-corrected chi connectivity index (χ4v) is 5.89. The van der Waals surface area contributed by atoms with Crippen molar-refractivity contribution in [3.63, 3.8) is 0 Å². The summed E-state index contributed by atoms with van der Waals surface area (Å²) in [7, 11) is 0. The highest BCUT2D eigenvalue weighted by atomic mass is 32.2. The normalized spacial score (nSPS) is 17.6. The van der Waals surface area contributed by atoms with Crippen LogP contribution in [0.15, 0.2) is 5.16 Å². The number of carbonyl (C=O) groups excluding carboxylic acids is 1.